The molecule has 1 aliphatic rings. The Kier molecular flexibility index (Phi) is 5.71. The highest BCUT2D eigenvalue weighted by Crippen LogP contribution is 2.38. The number of amides is 1. The fourth-order valence-corrected chi connectivity index (χ4v) is 4.86. The molecular formula is C19H17BrClN5O2S. The molecule has 2 N–H and O–H groups in total. The monoisotopic (exact) mass is 493 g/mol. The van der Waals surface area contributed by atoms with E-state index in [1.807, 2.05) is 37.3 Å². The molecule has 4 rings (SSSR count). The van der Waals surface area contributed by atoms with Gasteiger partial charge in [0.2, 0.25) is 11.1 Å². The molecule has 150 valence electrons. The van der Waals surface area contributed by atoms with Crippen LogP contribution in [0.2, 0.25) is 5.02 Å². The molecule has 7 nitrogen and oxygen atoms in total. The van der Waals surface area contributed by atoms with E-state index < -0.39 is 5.25 Å². The summed E-state index contributed by atoms with van der Waals surface area (Å²) < 4.78 is 7.89. The Bertz CT molecular complexity index is 1060. The molecule has 0 saturated heterocycles. The van der Waals surface area contributed by atoms with Crippen LogP contribution >= 0.6 is 39.3 Å². The van der Waals surface area contributed by atoms with Crippen molar-refractivity contribution in [1.82, 2.24) is 14.9 Å². The van der Waals surface area contributed by atoms with E-state index in [9.17, 15) is 4.79 Å². The van der Waals surface area contributed by atoms with Gasteiger partial charge in [0.05, 0.1) is 23.9 Å². The maximum atomic E-state index is 13.2. The van der Waals surface area contributed by atoms with E-state index in [4.69, 9.17) is 16.3 Å². The number of methoxy groups -OCH3 is 1. The Morgan fingerprint density at radius 3 is 2.72 bits per heavy atom. The summed E-state index contributed by atoms with van der Waals surface area (Å²) in [4.78, 5) is 13.2. The zero-order valence-corrected chi connectivity index (χ0v) is 18.7. The molecule has 0 aliphatic carbocycles. The van der Waals surface area contributed by atoms with Crippen molar-refractivity contribution in [2.75, 3.05) is 17.9 Å². The first-order valence-electron chi connectivity index (χ1n) is 8.71. The molecule has 1 amide bonds. The van der Waals surface area contributed by atoms with Gasteiger partial charge in [0, 0.05) is 4.47 Å². The second-order valence-electron chi connectivity index (χ2n) is 6.40. The highest BCUT2D eigenvalue weighted by molar-refractivity contribution is 9.10. The average molecular weight is 495 g/mol. The molecule has 3 aromatic rings. The summed E-state index contributed by atoms with van der Waals surface area (Å²) in [6.07, 6.45) is 0. The van der Waals surface area contributed by atoms with Crippen LogP contribution in [0.4, 0.5) is 5.69 Å². The van der Waals surface area contributed by atoms with Gasteiger partial charge in [0.15, 0.2) is 0 Å². The molecule has 2 atom stereocenters. The van der Waals surface area contributed by atoms with Crippen LogP contribution in [-0.2, 0) is 4.79 Å². The molecule has 1 aromatic heterocycles. The van der Waals surface area contributed by atoms with Crippen LogP contribution in [0.1, 0.15) is 17.4 Å². The van der Waals surface area contributed by atoms with Gasteiger partial charge in [0.25, 0.3) is 0 Å². The number of nitrogens with zero attached hydrogens (tertiary/aromatic N) is 3. The number of fused-ring (bicyclic) bond motifs is 1. The lowest BCUT2D eigenvalue weighted by atomic mass is 10.0. The number of anilines is 1. The summed E-state index contributed by atoms with van der Waals surface area (Å²) in [5.41, 5.74) is 4.86. The first-order valence-corrected chi connectivity index (χ1v) is 10.8. The van der Waals surface area contributed by atoms with E-state index in [0.717, 1.165) is 21.6 Å². The van der Waals surface area contributed by atoms with Crippen molar-refractivity contribution in [2.45, 2.75) is 23.4 Å². The van der Waals surface area contributed by atoms with E-state index in [-0.39, 0.29) is 11.9 Å². The van der Waals surface area contributed by atoms with E-state index in [1.165, 1.54) is 11.8 Å². The van der Waals surface area contributed by atoms with Crippen molar-refractivity contribution in [1.29, 1.82) is 0 Å². The minimum absolute atomic E-state index is 0.181. The van der Waals surface area contributed by atoms with Gasteiger partial charge in [-0.1, -0.05) is 51.4 Å². The Labute approximate surface area is 185 Å². The lowest BCUT2D eigenvalue weighted by Gasteiger charge is -2.32. The van der Waals surface area contributed by atoms with Gasteiger partial charge < -0.3 is 15.5 Å². The summed E-state index contributed by atoms with van der Waals surface area (Å²) >= 11 is 11.0. The van der Waals surface area contributed by atoms with E-state index >= 15 is 0 Å². The normalized spacial score (nSPS) is 17.9. The van der Waals surface area contributed by atoms with Gasteiger partial charge in [-0.25, -0.2) is 4.68 Å². The molecule has 0 spiro atoms. The Morgan fingerprint density at radius 2 is 2.03 bits per heavy atom. The Hall–Kier alpha value is -2.23. The largest absolute Gasteiger partial charge is 0.497 e. The van der Waals surface area contributed by atoms with Crippen LogP contribution in [0.25, 0.3) is 0 Å². The van der Waals surface area contributed by atoms with Crippen molar-refractivity contribution in [3.63, 3.8) is 0 Å². The molecule has 2 aromatic carbocycles. The van der Waals surface area contributed by atoms with Crippen molar-refractivity contribution in [3.05, 3.63) is 63.3 Å². The number of benzene rings is 2. The van der Waals surface area contributed by atoms with Crippen LogP contribution in [0.3, 0.4) is 0 Å². The van der Waals surface area contributed by atoms with Crippen molar-refractivity contribution in [2.24, 2.45) is 0 Å². The molecule has 0 radical (unpaired) electrons. The van der Waals surface area contributed by atoms with Gasteiger partial charge in [-0.15, -0.1) is 10.2 Å². The number of rotatable bonds is 4. The molecule has 0 saturated carbocycles. The van der Waals surface area contributed by atoms with Crippen LogP contribution in [0, 0.1) is 6.92 Å². The third-order valence-corrected chi connectivity index (χ3v) is 6.54. The smallest absolute Gasteiger partial charge is 0.240 e. The molecule has 1 aliphatic heterocycles. The summed E-state index contributed by atoms with van der Waals surface area (Å²) in [5, 5.41) is 11.8. The average Bonchev–Trinajstić information content (AvgIpc) is 3.09. The third kappa shape index (κ3) is 4.08. The fraction of sp³-hybridized carbons (Fsp3) is 0.211. The SMILES string of the molecule is COc1ccc([C@@H]2Nn3c(C)nnc3S[C@H]2C(=O)Nc2ccc(Br)cc2Cl)cc1. The first-order chi connectivity index (χ1) is 14.0. The Morgan fingerprint density at radius 1 is 1.28 bits per heavy atom. The summed E-state index contributed by atoms with van der Waals surface area (Å²) in [6.45, 7) is 1.86. The quantitative estimate of drug-likeness (QED) is 0.559. The van der Waals surface area contributed by atoms with Crippen LogP contribution in [0.5, 0.6) is 5.75 Å². The first kappa shape index (κ1) is 20.1. The minimum Gasteiger partial charge on any atom is -0.497 e. The highest BCUT2D eigenvalue weighted by atomic mass is 79.9. The van der Waals surface area contributed by atoms with Gasteiger partial charge >= 0.3 is 0 Å². The fourth-order valence-electron chi connectivity index (χ4n) is 3.02. The maximum absolute atomic E-state index is 13.2. The number of ether oxygens (including phenoxy) is 1. The van der Waals surface area contributed by atoms with Gasteiger partial charge in [-0.3, -0.25) is 4.79 Å². The van der Waals surface area contributed by atoms with E-state index in [1.54, 1.807) is 23.9 Å². The van der Waals surface area contributed by atoms with Crippen LogP contribution < -0.4 is 15.5 Å². The van der Waals surface area contributed by atoms with Crippen molar-refractivity contribution in [3.8, 4) is 5.75 Å². The highest BCUT2D eigenvalue weighted by Gasteiger charge is 2.37. The van der Waals surface area contributed by atoms with E-state index in [0.29, 0.717) is 15.9 Å². The number of hydrogen-bond donors (Lipinski definition) is 2. The van der Waals surface area contributed by atoms with Gasteiger partial charge in [-0.2, -0.15) is 0 Å². The zero-order valence-electron chi connectivity index (χ0n) is 15.5. The summed E-state index contributed by atoms with van der Waals surface area (Å²) in [5.74, 6) is 1.29. The van der Waals surface area contributed by atoms with E-state index in [2.05, 4.69) is 36.9 Å². The number of carbonyl (C=O) groups is 1. The molecule has 2 heterocycles. The topological polar surface area (TPSA) is 81.1 Å². The standard InChI is InChI=1S/C19H17BrClN5O2S/c1-10-23-24-19-26(10)25-16(11-3-6-13(28-2)7-4-11)17(29-19)18(27)22-15-8-5-12(20)9-14(15)21/h3-9,16-17,25H,1-2H3,(H,22,27)/t16-,17+/m0/s1. The predicted molar refractivity (Wildman–Crippen MR) is 117 cm³/mol. The van der Waals surface area contributed by atoms with Crippen molar-refractivity contribution < 1.29 is 9.53 Å². The molecule has 29 heavy (non-hydrogen) atoms. The number of nitrogens with one attached hydrogen (secondary N) is 2. The van der Waals surface area contributed by atoms with Crippen LogP contribution in [0.15, 0.2) is 52.1 Å². The lowest BCUT2D eigenvalue weighted by molar-refractivity contribution is -0.116. The number of halogens is 2. The minimum atomic E-state index is -0.487. The molecule has 0 fully saturated rings. The molecule has 10 heteroatoms. The Balaban J connectivity index is 1.66. The van der Waals surface area contributed by atoms with Crippen LogP contribution in [-0.4, -0.2) is 33.1 Å². The number of hydrogen-bond acceptors (Lipinski definition) is 6. The predicted octanol–water partition coefficient (Wildman–Crippen LogP) is 4.41. The summed E-state index contributed by atoms with van der Waals surface area (Å²) in [6, 6.07) is 12.7. The summed E-state index contributed by atoms with van der Waals surface area (Å²) in [7, 11) is 1.62. The number of aromatic nitrogens is 3. The number of thioether (sulfide) groups is 1. The second kappa shape index (κ2) is 8.25. The zero-order chi connectivity index (χ0) is 20.5. The van der Waals surface area contributed by atoms with Crippen molar-refractivity contribution >= 4 is 50.9 Å². The second-order valence-corrected chi connectivity index (χ2v) is 8.83. The molecule has 0 unspecified atom stereocenters. The third-order valence-electron chi connectivity index (χ3n) is 4.52. The van der Waals surface area contributed by atoms with Gasteiger partial charge in [0.1, 0.15) is 16.8 Å². The number of carbonyl (C=O) groups excluding carboxylic acids is 1. The number of aryl methyl sites for hydroxylation is 1. The molecule has 0 bridgehead atoms. The molecular weight excluding hydrogens is 478 g/mol. The maximum Gasteiger partial charge on any atom is 0.240 e. The lowest BCUT2D eigenvalue weighted by Crippen LogP contribution is -2.41. The van der Waals surface area contributed by atoms with Gasteiger partial charge in [-0.05, 0) is 42.8 Å².